The molecule has 1 aliphatic rings. The van der Waals surface area contributed by atoms with Gasteiger partial charge in [0.15, 0.2) is 5.16 Å². The third-order valence-electron chi connectivity index (χ3n) is 5.49. The van der Waals surface area contributed by atoms with Crippen LogP contribution in [-0.4, -0.2) is 50.3 Å². The molecule has 1 fully saturated rings. The lowest BCUT2D eigenvalue weighted by Gasteiger charge is -2.31. The maximum Gasteiger partial charge on any atom is 0.233 e. The second-order valence-corrected chi connectivity index (χ2v) is 9.12. The quantitative estimate of drug-likeness (QED) is 0.535. The van der Waals surface area contributed by atoms with Crippen molar-refractivity contribution in [2.75, 3.05) is 18.8 Å². The van der Waals surface area contributed by atoms with E-state index < -0.39 is 0 Å². The Morgan fingerprint density at radius 3 is 2.56 bits per heavy atom. The third kappa shape index (κ3) is 5.31. The average molecular weight is 470 g/mol. The number of thioether (sulfide) groups is 1. The molecule has 2 heterocycles. The zero-order valence-corrected chi connectivity index (χ0v) is 19.1. The molecule has 32 heavy (non-hydrogen) atoms. The molecule has 2 N–H and O–H groups in total. The summed E-state index contributed by atoms with van der Waals surface area (Å²) in [5.41, 5.74) is 7.44. The number of carbonyl (C=O) groups is 2. The summed E-state index contributed by atoms with van der Waals surface area (Å²) in [5, 5.41) is 10.1. The highest BCUT2D eigenvalue weighted by Gasteiger charge is 2.27. The third-order valence-corrected chi connectivity index (χ3v) is 6.66. The molecule has 7 nitrogen and oxygen atoms in total. The summed E-state index contributed by atoms with van der Waals surface area (Å²) in [7, 11) is 0. The van der Waals surface area contributed by atoms with Gasteiger partial charge in [0.1, 0.15) is 5.82 Å². The summed E-state index contributed by atoms with van der Waals surface area (Å²) in [5.74, 6) is 0.343. The first-order valence-electron chi connectivity index (χ1n) is 10.5. The first-order chi connectivity index (χ1) is 15.5. The molecule has 1 aliphatic heterocycles. The molecule has 2 amide bonds. The largest absolute Gasteiger partial charge is 0.369 e. The summed E-state index contributed by atoms with van der Waals surface area (Å²) < 4.78 is 1.96. The zero-order valence-electron chi connectivity index (χ0n) is 17.5. The zero-order chi connectivity index (χ0) is 22.5. The van der Waals surface area contributed by atoms with Gasteiger partial charge < -0.3 is 10.6 Å². The predicted octanol–water partition coefficient (Wildman–Crippen LogP) is 3.33. The molecule has 1 aromatic heterocycles. The number of likely N-dealkylation sites (tertiary alicyclic amines) is 1. The van der Waals surface area contributed by atoms with E-state index in [-0.39, 0.29) is 23.5 Å². The van der Waals surface area contributed by atoms with E-state index >= 15 is 0 Å². The lowest BCUT2D eigenvalue weighted by molar-refractivity contribution is -0.132. The molecule has 1 unspecified atom stereocenters. The Hall–Kier alpha value is -2.84. The lowest BCUT2D eigenvalue weighted by Crippen LogP contribution is -2.44. The number of benzene rings is 2. The van der Waals surface area contributed by atoms with Gasteiger partial charge in [-0.2, -0.15) is 0 Å². The highest BCUT2D eigenvalue weighted by atomic mass is 35.5. The number of aromatic nitrogens is 3. The molecule has 166 valence electrons. The van der Waals surface area contributed by atoms with E-state index in [1.54, 1.807) is 4.90 Å². The number of piperidine rings is 1. The SMILES string of the molecule is NC(=O)C1CCCN(C(=O)CSc2nnc(Cc3ccccc3)n2-c2ccc(Cl)cc2)C1. The maximum absolute atomic E-state index is 12.8. The van der Waals surface area contributed by atoms with Crippen LogP contribution in [0.15, 0.2) is 59.8 Å². The fraction of sp³-hybridized carbons (Fsp3) is 0.304. The smallest absolute Gasteiger partial charge is 0.233 e. The molecule has 9 heteroatoms. The number of nitrogens with zero attached hydrogens (tertiary/aromatic N) is 4. The van der Waals surface area contributed by atoms with Gasteiger partial charge in [0.05, 0.1) is 11.7 Å². The number of halogens is 1. The van der Waals surface area contributed by atoms with Crippen molar-refractivity contribution < 1.29 is 9.59 Å². The van der Waals surface area contributed by atoms with E-state index in [4.69, 9.17) is 17.3 Å². The second-order valence-electron chi connectivity index (χ2n) is 7.74. The lowest BCUT2D eigenvalue weighted by atomic mass is 9.97. The fourth-order valence-electron chi connectivity index (χ4n) is 3.79. The number of rotatable bonds is 7. The van der Waals surface area contributed by atoms with Gasteiger partial charge in [0, 0.05) is 30.2 Å². The van der Waals surface area contributed by atoms with Crippen LogP contribution in [0.3, 0.4) is 0 Å². The van der Waals surface area contributed by atoms with E-state index in [1.165, 1.54) is 11.8 Å². The molecule has 0 radical (unpaired) electrons. The molecule has 1 atom stereocenters. The standard InChI is InChI=1S/C23H24ClN5O2S/c24-18-8-10-19(11-9-18)29-20(13-16-5-2-1-3-6-16)26-27-23(29)32-15-21(30)28-12-4-7-17(14-28)22(25)31/h1-3,5-6,8-11,17H,4,7,12-15H2,(H2,25,31). The van der Waals surface area contributed by atoms with Crippen molar-refractivity contribution >= 4 is 35.2 Å². The summed E-state index contributed by atoms with van der Waals surface area (Å²) in [4.78, 5) is 26.1. The van der Waals surface area contributed by atoms with Crippen LogP contribution in [-0.2, 0) is 16.0 Å². The van der Waals surface area contributed by atoms with E-state index in [0.29, 0.717) is 29.7 Å². The van der Waals surface area contributed by atoms with Crippen LogP contribution in [0.5, 0.6) is 0 Å². The Morgan fingerprint density at radius 1 is 1.09 bits per heavy atom. The summed E-state index contributed by atoms with van der Waals surface area (Å²) in [6.45, 7) is 1.03. The number of hydrogen-bond acceptors (Lipinski definition) is 5. The Morgan fingerprint density at radius 2 is 1.84 bits per heavy atom. The highest BCUT2D eigenvalue weighted by molar-refractivity contribution is 7.99. The molecule has 0 saturated carbocycles. The number of primary amides is 1. The van der Waals surface area contributed by atoms with Gasteiger partial charge in [-0.25, -0.2) is 0 Å². The highest BCUT2D eigenvalue weighted by Crippen LogP contribution is 2.26. The van der Waals surface area contributed by atoms with Crippen molar-refractivity contribution in [3.05, 3.63) is 71.0 Å². The van der Waals surface area contributed by atoms with Crippen molar-refractivity contribution in [3.63, 3.8) is 0 Å². The van der Waals surface area contributed by atoms with Crippen LogP contribution in [0.4, 0.5) is 0 Å². The summed E-state index contributed by atoms with van der Waals surface area (Å²) in [6.07, 6.45) is 2.13. The van der Waals surface area contributed by atoms with E-state index in [0.717, 1.165) is 29.9 Å². The van der Waals surface area contributed by atoms with Gasteiger partial charge in [-0.1, -0.05) is 53.7 Å². The first kappa shape index (κ1) is 22.4. The second kappa shape index (κ2) is 10.2. The number of hydrogen-bond donors (Lipinski definition) is 1. The minimum Gasteiger partial charge on any atom is -0.369 e. The number of carbonyl (C=O) groups excluding carboxylic acids is 2. The average Bonchev–Trinajstić information content (AvgIpc) is 3.21. The topological polar surface area (TPSA) is 94.1 Å². The molecule has 0 bridgehead atoms. The van der Waals surface area contributed by atoms with E-state index in [1.807, 2.05) is 59.2 Å². The number of amides is 2. The molecular weight excluding hydrogens is 446 g/mol. The molecule has 4 rings (SSSR count). The van der Waals surface area contributed by atoms with Gasteiger partial charge >= 0.3 is 0 Å². The van der Waals surface area contributed by atoms with Crippen molar-refractivity contribution in [1.29, 1.82) is 0 Å². The monoisotopic (exact) mass is 469 g/mol. The Balaban J connectivity index is 1.53. The predicted molar refractivity (Wildman–Crippen MR) is 125 cm³/mol. The molecular formula is C23H24ClN5O2S. The summed E-state index contributed by atoms with van der Waals surface area (Å²) >= 11 is 7.41. The van der Waals surface area contributed by atoms with Gasteiger partial charge in [0.2, 0.25) is 11.8 Å². The van der Waals surface area contributed by atoms with E-state index in [2.05, 4.69) is 10.2 Å². The van der Waals surface area contributed by atoms with Crippen molar-refractivity contribution in [2.45, 2.75) is 24.4 Å². The van der Waals surface area contributed by atoms with Crippen LogP contribution >= 0.6 is 23.4 Å². The Kier molecular flexibility index (Phi) is 7.12. The van der Waals surface area contributed by atoms with Crippen LogP contribution in [0, 0.1) is 5.92 Å². The van der Waals surface area contributed by atoms with Crippen LogP contribution in [0.1, 0.15) is 24.2 Å². The normalized spacial score (nSPS) is 16.2. The summed E-state index contributed by atoms with van der Waals surface area (Å²) in [6, 6.07) is 17.5. The van der Waals surface area contributed by atoms with Crippen LogP contribution in [0.2, 0.25) is 5.02 Å². The van der Waals surface area contributed by atoms with Gasteiger partial charge in [0.25, 0.3) is 0 Å². The molecule has 3 aromatic rings. The van der Waals surface area contributed by atoms with Gasteiger partial charge in [-0.3, -0.25) is 14.2 Å². The minimum absolute atomic E-state index is 0.0313. The van der Waals surface area contributed by atoms with E-state index in [9.17, 15) is 9.59 Å². The fourth-order valence-corrected chi connectivity index (χ4v) is 4.79. The van der Waals surface area contributed by atoms with Crippen molar-refractivity contribution in [2.24, 2.45) is 11.7 Å². The first-order valence-corrected chi connectivity index (χ1v) is 11.8. The molecule has 1 saturated heterocycles. The maximum atomic E-state index is 12.8. The van der Waals surface area contributed by atoms with Crippen molar-refractivity contribution in [3.8, 4) is 5.69 Å². The molecule has 0 spiro atoms. The van der Waals surface area contributed by atoms with Crippen LogP contribution in [0.25, 0.3) is 5.69 Å². The van der Waals surface area contributed by atoms with Gasteiger partial charge in [-0.05, 0) is 42.7 Å². The molecule has 0 aliphatic carbocycles. The van der Waals surface area contributed by atoms with Gasteiger partial charge in [-0.15, -0.1) is 10.2 Å². The molecule has 2 aromatic carbocycles. The van der Waals surface area contributed by atoms with Crippen molar-refractivity contribution in [1.82, 2.24) is 19.7 Å². The van der Waals surface area contributed by atoms with Crippen LogP contribution < -0.4 is 5.73 Å². The Bertz CT molecular complexity index is 1090. The Labute approximate surface area is 196 Å². The minimum atomic E-state index is -0.344. The number of nitrogens with two attached hydrogens (primary N) is 1.